The van der Waals surface area contributed by atoms with Gasteiger partial charge in [0.05, 0.1) is 11.7 Å². The van der Waals surface area contributed by atoms with Gasteiger partial charge in [-0.15, -0.1) is 0 Å². The third-order valence-corrected chi connectivity index (χ3v) is 0.655. The van der Waals surface area contributed by atoms with E-state index in [2.05, 4.69) is 4.99 Å². The molecule has 0 aromatic carbocycles. The molecule has 1 aliphatic heterocycles. The number of hydrogen-bond donors (Lipinski definition) is 0. The van der Waals surface area contributed by atoms with Gasteiger partial charge in [-0.3, -0.25) is 4.99 Å². The molecule has 0 bridgehead atoms. The van der Waals surface area contributed by atoms with Crippen LogP contribution in [0.3, 0.4) is 0 Å². The second-order valence-electron chi connectivity index (χ2n) is 1.12. The van der Waals surface area contributed by atoms with Crippen molar-refractivity contribution in [3.63, 3.8) is 0 Å². The van der Waals surface area contributed by atoms with Gasteiger partial charge in [-0.1, -0.05) is 0 Å². The Morgan fingerprint density at radius 1 is 1.75 bits per heavy atom. The number of aliphatic carboxylic acids is 1. The van der Waals surface area contributed by atoms with E-state index in [1.165, 1.54) is 12.3 Å². The Bertz CT molecular complexity index is 161. The second-order valence-corrected chi connectivity index (χ2v) is 1.12. The van der Waals surface area contributed by atoms with Gasteiger partial charge in [0.25, 0.3) is 0 Å². The van der Waals surface area contributed by atoms with E-state index >= 15 is 0 Å². The minimum atomic E-state index is -1.21. The fourth-order valence-corrected chi connectivity index (χ4v) is 0.270. The van der Waals surface area contributed by atoms with Crippen LogP contribution in [-0.2, 0) is 4.79 Å². The third kappa shape index (κ3) is 1.22. The van der Waals surface area contributed by atoms with Crippen LogP contribution in [0, 0.1) is 0 Å². The first-order valence-electron chi connectivity index (χ1n) is 1.76. The van der Waals surface area contributed by atoms with Crippen molar-refractivity contribution in [1.82, 2.24) is 0 Å². The molecule has 8 heavy (non-hydrogen) atoms. The van der Waals surface area contributed by atoms with Gasteiger partial charge in [0, 0.05) is 6.20 Å². The molecular weight excluding hydrogens is 101 g/mol. The zero-order valence-electron chi connectivity index (χ0n) is 4.42. The molecule has 0 saturated heterocycles. The summed E-state index contributed by atoms with van der Waals surface area (Å²) in [4.78, 5) is 13.0. The first kappa shape index (κ1) is 7.48. The van der Waals surface area contributed by atoms with E-state index in [0.717, 1.165) is 0 Å². The van der Waals surface area contributed by atoms with Gasteiger partial charge in [-0.05, 0) is 6.08 Å². The van der Waals surface area contributed by atoms with Gasteiger partial charge in [0.15, 0.2) is 0 Å². The maximum absolute atomic E-state index is 9.69. The maximum Gasteiger partial charge on any atom is 1.00 e. The van der Waals surface area contributed by atoms with Crippen molar-refractivity contribution >= 4 is 11.7 Å². The minimum Gasteiger partial charge on any atom is -0.543 e. The standard InChI is InChI=1S/C4H3NO2.Li/c6-4(7)3-1-2-5-3;/h1-2H,(H,6,7);/q;+1/p-1. The predicted molar refractivity (Wildman–Crippen MR) is 21.6 cm³/mol. The number of carboxylic acid groups (broad SMARTS) is 1. The minimum absolute atomic E-state index is 0. The zero-order valence-corrected chi connectivity index (χ0v) is 4.42. The molecule has 0 aliphatic carbocycles. The van der Waals surface area contributed by atoms with Gasteiger partial charge in [0.2, 0.25) is 0 Å². The average molecular weight is 103 g/mol. The van der Waals surface area contributed by atoms with Gasteiger partial charge in [0.1, 0.15) is 0 Å². The monoisotopic (exact) mass is 103 g/mol. The van der Waals surface area contributed by atoms with Crippen molar-refractivity contribution < 1.29 is 28.8 Å². The molecule has 0 radical (unpaired) electrons. The van der Waals surface area contributed by atoms with Crippen molar-refractivity contribution in [2.45, 2.75) is 0 Å². The molecule has 3 nitrogen and oxygen atoms in total. The van der Waals surface area contributed by atoms with E-state index in [1.54, 1.807) is 0 Å². The van der Waals surface area contributed by atoms with Crippen molar-refractivity contribution in [2.24, 2.45) is 4.99 Å². The molecule has 0 saturated carbocycles. The summed E-state index contributed by atoms with van der Waals surface area (Å²) < 4.78 is 0. The fraction of sp³-hybridized carbons (Fsp3) is 0. The first-order valence-corrected chi connectivity index (χ1v) is 1.76. The van der Waals surface area contributed by atoms with Crippen molar-refractivity contribution in [1.29, 1.82) is 0 Å². The van der Waals surface area contributed by atoms with Crippen LogP contribution in [0.1, 0.15) is 0 Å². The van der Waals surface area contributed by atoms with E-state index in [9.17, 15) is 9.90 Å². The Morgan fingerprint density at radius 3 is 2.25 bits per heavy atom. The number of carbonyl (C=O) groups is 1. The van der Waals surface area contributed by atoms with Gasteiger partial charge in [-0.25, -0.2) is 0 Å². The van der Waals surface area contributed by atoms with E-state index in [1.807, 2.05) is 0 Å². The number of hydrogen-bond acceptors (Lipinski definition) is 3. The van der Waals surface area contributed by atoms with E-state index in [4.69, 9.17) is 0 Å². The summed E-state index contributed by atoms with van der Waals surface area (Å²) in [6.45, 7) is 0. The number of carboxylic acids is 1. The van der Waals surface area contributed by atoms with Crippen LogP contribution in [0.2, 0.25) is 0 Å². The zero-order chi connectivity index (χ0) is 5.28. The largest absolute Gasteiger partial charge is 1.00 e. The Morgan fingerprint density at radius 2 is 2.25 bits per heavy atom. The van der Waals surface area contributed by atoms with Crippen LogP contribution in [0.15, 0.2) is 17.3 Å². The number of nitrogens with zero attached hydrogens (tertiary/aromatic N) is 1. The van der Waals surface area contributed by atoms with Crippen molar-refractivity contribution in [2.75, 3.05) is 0 Å². The maximum atomic E-state index is 9.69. The molecule has 0 aromatic heterocycles. The fourth-order valence-electron chi connectivity index (χ4n) is 0.270. The molecule has 0 unspecified atom stereocenters. The summed E-state index contributed by atoms with van der Waals surface area (Å²) in [5.74, 6) is -1.21. The molecule has 0 atom stereocenters. The predicted octanol–water partition coefficient (Wildman–Crippen LogP) is -4.29. The Labute approximate surface area is 58.3 Å². The van der Waals surface area contributed by atoms with Crippen LogP contribution < -0.4 is 24.0 Å². The Hall–Kier alpha value is -0.523. The van der Waals surface area contributed by atoms with Crippen molar-refractivity contribution in [3.05, 3.63) is 12.3 Å². The third-order valence-electron chi connectivity index (χ3n) is 0.655. The summed E-state index contributed by atoms with van der Waals surface area (Å²) in [7, 11) is 0. The van der Waals surface area contributed by atoms with Crippen LogP contribution in [-0.4, -0.2) is 11.7 Å². The molecule has 0 N–H and O–H groups in total. The summed E-state index contributed by atoms with van der Waals surface area (Å²) in [5.41, 5.74) is 0.0278. The molecular formula is C4H2LiNO2. The molecule has 0 aromatic rings. The number of rotatable bonds is 1. The topological polar surface area (TPSA) is 52.5 Å². The molecule has 0 spiro atoms. The SMILES string of the molecule is O=C([O-])C1=NC=C1.[Li+]. The van der Waals surface area contributed by atoms with Crippen LogP contribution in [0.4, 0.5) is 0 Å². The van der Waals surface area contributed by atoms with Crippen molar-refractivity contribution in [3.8, 4) is 0 Å². The Balaban J connectivity index is 0.000000490. The smallest absolute Gasteiger partial charge is 0.543 e. The number of carbonyl (C=O) groups excluding carboxylic acids is 1. The second kappa shape index (κ2) is 2.70. The Kier molecular flexibility index (Phi) is 2.53. The van der Waals surface area contributed by atoms with Crippen LogP contribution in [0.5, 0.6) is 0 Å². The molecule has 1 heterocycles. The van der Waals surface area contributed by atoms with E-state index in [-0.39, 0.29) is 24.6 Å². The first-order chi connectivity index (χ1) is 3.30. The normalized spacial score (nSPS) is 13.2. The van der Waals surface area contributed by atoms with Crippen LogP contribution >= 0.6 is 0 Å². The molecule has 4 heteroatoms. The van der Waals surface area contributed by atoms with E-state index in [0.29, 0.717) is 0 Å². The summed E-state index contributed by atoms with van der Waals surface area (Å²) in [6.07, 6.45) is 2.79. The summed E-state index contributed by atoms with van der Waals surface area (Å²) in [5, 5.41) is 9.69. The molecule has 0 fully saturated rings. The molecule has 0 amide bonds. The summed E-state index contributed by atoms with van der Waals surface area (Å²) in [6, 6.07) is 0. The number of aliphatic imine (C=N–C) groups is 1. The van der Waals surface area contributed by atoms with Gasteiger partial charge >= 0.3 is 18.9 Å². The average Bonchev–Trinajstić information content (AvgIpc) is 1.23. The molecule has 1 rings (SSSR count). The molecule has 36 valence electrons. The quantitative estimate of drug-likeness (QED) is 0.315. The molecule has 1 aliphatic rings. The van der Waals surface area contributed by atoms with Gasteiger partial charge in [-0.2, -0.15) is 0 Å². The van der Waals surface area contributed by atoms with Crippen LogP contribution in [0.25, 0.3) is 0 Å². The van der Waals surface area contributed by atoms with E-state index < -0.39 is 5.97 Å². The summed E-state index contributed by atoms with van der Waals surface area (Å²) >= 11 is 0. The van der Waals surface area contributed by atoms with Gasteiger partial charge < -0.3 is 9.90 Å².